The molecule has 0 aromatic heterocycles. The zero-order chi connectivity index (χ0) is 24.2. The molecule has 0 spiro atoms. The van der Waals surface area contributed by atoms with Gasteiger partial charge in [0.2, 0.25) is 21.1 Å². The molecule has 1 heterocycles. The number of amides is 3. The third kappa shape index (κ3) is 5.48. The number of carbonyl (C=O) groups is 3. The molecule has 176 valence electrons. The zero-order valence-corrected chi connectivity index (χ0v) is 19.0. The molecule has 3 amide bonds. The Balaban J connectivity index is 1.90. The van der Waals surface area contributed by atoms with Gasteiger partial charge in [0.25, 0.3) is 11.8 Å². The van der Waals surface area contributed by atoms with Crippen LogP contribution in [0.4, 0.5) is 4.39 Å². The number of carbonyl (C=O) groups excluding carboxylic acids is 3. The number of methoxy groups -OCH3 is 1. The predicted molar refractivity (Wildman–Crippen MR) is 117 cm³/mol. The Kier molecular flexibility index (Phi) is 7.32. The first kappa shape index (κ1) is 24.2. The first-order valence-corrected chi connectivity index (χ1v) is 11.7. The average molecular weight is 478 g/mol. The summed E-state index contributed by atoms with van der Waals surface area (Å²) in [5.41, 5.74) is 0.129. The van der Waals surface area contributed by atoms with Crippen LogP contribution in [-0.2, 0) is 19.4 Å². The Morgan fingerprint density at radius 3 is 2.00 bits per heavy atom. The molecule has 1 aliphatic rings. The summed E-state index contributed by atoms with van der Waals surface area (Å²) < 4.78 is 45.0. The second kappa shape index (κ2) is 9.99. The minimum absolute atomic E-state index is 0.117. The van der Waals surface area contributed by atoms with Gasteiger partial charge in [0.15, 0.2) is 0 Å². The smallest absolute Gasteiger partial charge is 0.261 e. The van der Waals surface area contributed by atoms with Crippen molar-refractivity contribution in [2.45, 2.75) is 17.2 Å². The maximum absolute atomic E-state index is 13.3. The molecule has 3 rings (SSSR count). The van der Waals surface area contributed by atoms with Crippen molar-refractivity contribution < 1.29 is 31.9 Å². The van der Waals surface area contributed by atoms with Gasteiger partial charge in [-0.25, -0.2) is 12.8 Å². The van der Waals surface area contributed by atoms with Gasteiger partial charge < -0.3 is 19.9 Å². The van der Waals surface area contributed by atoms with Crippen molar-refractivity contribution in [3.63, 3.8) is 0 Å². The lowest BCUT2D eigenvalue weighted by molar-refractivity contribution is -0.138. The highest BCUT2D eigenvalue weighted by Gasteiger charge is 2.39. The molecule has 33 heavy (non-hydrogen) atoms. The number of hydrogen-bond donors (Lipinski definition) is 1. The van der Waals surface area contributed by atoms with Crippen LogP contribution in [0, 0.1) is 5.82 Å². The van der Waals surface area contributed by atoms with Crippen molar-refractivity contribution in [1.29, 1.82) is 0 Å². The van der Waals surface area contributed by atoms with E-state index in [0.717, 1.165) is 24.3 Å². The van der Waals surface area contributed by atoms with E-state index in [1.165, 1.54) is 43.2 Å². The van der Waals surface area contributed by atoms with Crippen LogP contribution in [0.5, 0.6) is 5.75 Å². The highest BCUT2D eigenvalue weighted by Crippen LogP contribution is 2.19. The van der Waals surface area contributed by atoms with Crippen LogP contribution in [0.25, 0.3) is 0 Å². The highest BCUT2D eigenvalue weighted by molar-refractivity contribution is 7.92. The molecule has 11 heteroatoms. The van der Waals surface area contributed by atoms with E-state index >= 15 is 0 Å². The van der Waals surface area contributed by atoms with E-state index in [0.29, 0.717) is 5.75 Å². The van der Waals surface area contributed by atoms with Gasteiger partial charge in [-0.2, -0.15) is 0 Å². The number of benzene rings is 2. The van der Waals surface area contributed by atoms with Crippen molar-refractivity contribution in [3.05, 3.63) is 59.9 Å². The zero-order valence-electron chi connectivity index (χ0n) is 18.2. The number of ether oxygens (including phenoxy) is 1. The molecule has 0 aliphatic carbocycles. The molecule has 1 N–H and O–H groups in total. The minimum Gasteiger partial charge on any atom is -0.497 e. The quantitative estimate of drug-likeness (QED) is 0.623. The number of nitrogens with one attached hydrogen (secondary N) is 1. The van der Waals surface area contributed by atoms with Crippen LogP contribution in [0.15, 0.2) is 53.4 Å². The minimum atomic E-state index is -4.41. The first-order valence-electron chi connectivity index (χ1n) is 10.1. The largest absolute Gasteiger partial charge is 0.497 e. The molecule has 0 saturated carbocycles. The van der Waals surface area contributed by atoms with Gasteiger partial charge in [0, 0.05) is 38.7 Å². The van der Waals surface area contributed by atoms with Crippen LogP contribution in [0.2, 0.25) is 0 Å². The average Bonchev–Trinajstić information content (AvgIpc) is 2.82. The number of sulfone groups is 1. The molecule has 2 aromatic carbocycles. The van der Waals surface area contributed by atoms with Gasteiger partial charge in [-0.3, -0.25) is 14.4 Å². The Bertz CT molecular complexity index is 1130. The van der Waals surface area contributed by atoms with E-state index in [1.54, 1.807) is 4.90 Å². The lowest BCUT2D eigenvalue weighted by Crippen LogP contribution is -2.57. The number of nitrogens with zero attached hydrogens (tertiary/aromatic N) is 2. The molecular weight excluding hydrogens is 453 g/mol. The van der Waals surface area contributed by atoms with Gasteiger partial charge in [0.05, 0.1) is 12.0 Å². The number of piperazine rings is 1. The van der Waals surface area contributed by atoms with E-state index < -0.39 is 32.8 Å². The van der Waals surface area contributed by atoms with Crippen LogP contribution in [-0.4, -0.2) is 74.6 Å². The lowest BCUT2D eigenvalue weighted by atomic mass is 10.2. The summed E-state index contributed by atoms with van der Waals surface area (Å²) in [5, 5.41) is 0.393. The topological polar surface area (TPSA) is 113 Å². The molecule has 1 aliphatic heterocycles. The lowest BCUT2D eigenvalue weighted by Gasteiger charge is -2.36. The summed E-state index contributed by atoms with van der Waals surface area (Å²) in [6.45, 7) is 2.14. The predicted octanol–water partition coefficient (Wildman–Crippen LogP) is 1.05. The fourth-order valence-corrected chi connectivity index (χ4v) is 4.85. The van der Waals surface area contributed by atoms with Gasteiger partial charge in [-0.15, -0.1) is 0 Å². The SMILES string of the molecule is COc1ccc(C(=O)N[C@@H](C(=O)N2CCN(C(C)=O)CC2)S(=O)(=O)c2ccc(F)cc2)cc1. The summed E-state index contributed by atoms with van der Waals surface area (Å²) in [6, 6.07) is 9.94. The van der Waals surface area contributed by atoms with E-state index in [1.807, 2.05) is 0 Å². The Hall–Kier alpha value is -3.47. The first-order chi connectivity index (χ1) is 15.6. The van der Waals surface area contributed by atoms with Gasteiger partial charge >= 0.3 is 0 Å². The summed E-state index contributed by atoms with van der Waals surface area (Å²) >= 11 is 0. The molecule has 1 atom stereocenters. The van der Waals surface area contributed by atoms with Crippen LogP contribution in [0.1, 0.15) is 17.3 Å². The number of hydrogen-bond acceptors (Lipinski definition) is 6. The molecular formula is C22H24FN3O6S. The van der Waals surface area contributed by atoms with Gasteiger partial charge in [-0.05, 0) is 48.5 Å². The molecule has 0 bridgehead atoms. The standard InChI is InChI=1S/C22H24FN3O6S/c1-15(27)25-11-13-26(14-12-25)22(29)21(33(30,31)19-9-5-17(23)6-10-19)24-20(28)16-3-7-18(32-2)8-4-16/h3-10,21H,11-14H2,1-2H3,(H,24,28)/t21-/m1/s1. The van der Waals surface area contributed by atoms with E-state index in [4.69, 9.17) is 4.74 Å². The van der Waals surface area contributed by atoms with E-state index in [9.17, 15) is 27.2 Å². The molecule has 2 aromatic rings. The second-order valence-electron chi connectivity index (χ2n) is 7.41. The van der Waals surface area contributed by atoms with Crippen molar-refractivity contribution in [1.82, 2.24) is 15.1 Å². The fourth-order valence-electron chi connectivity index (χ4n) is 3.38. The Morgan fingerprint density at radius 2 is 1.48 bits per heavy atom. The maximum atomic E-state index is 13.3. The second-order valence-corrected chi connectivity index (χ2v) is 9.45. The highest BCUT2D eigenvalue weighted by atomic mass is 32.2. The summed E-state index contributed by atoms with van der Waals surface area (Å²) in [4.78, 5) is 40.2. The van der Waals surface area contributed by atoms with E-state index in [-0.39, 0.29) is 42.5 Å². The monoisotopic (exact) mass is 477 g/mol. The summed E-state index contributed by atoms with van der Waals surface area (Å²) in [5.74, 6) is -1.89. The molecule has 1 fully saturated rings. The van der Waals surface area contributed by atoms with Crippen LogP contribution < -0.4 is 10.1 Å². The Labute approximate surface area is 191 Å². The fraction of sp³-hybridized carbons (Fsp3) is 0.318. The molecule has 0 unspecified atom stereocenters. The van der Waals surface area contributed by atoms with Crippen LogP contribution in [0.3, 0.4) is 0 Å². The van der Waals surface area contributed by atoms with Crippen LogP contribution >= 0.6 is 0 Å². The van der Waals surface area contributed by atoms with Gasteiger partial charge in [0.1, 0.15) is 11.6 Å². The summed E-state index contributed by atoms with van der Waals surface area (Å²) in [7, 11) is -2.94. The Morgan fingerprint density at radius 1 is 0.939 bits per heavy atom. The molecule has 1 saturated heterocycles. The van der Waals surface area contributed by atoms with Crippen molar-refractivity contribution >= 4 is 27.6 Å². The third-order valence-corrected chi connectivity index (χ3v) is 7.20. The molecule has 9 nitrogen and oxygen atoms in total. The van der Waals surface area contributed by atoms with Crippen molar-refractivity contribution in [3.8, 4) is 5.75 Å². The van der Waals surface area contributed by atoms with Crippen molar-refractivity contribution in [2.24, 2.45) is 0 Å². The molecule has 0 radical (unpaired) electrons. The third-order valence-electron chi connectivity index (χ3n) is 5.33. The number of rotatable bonds is 6. The number of halogens is 1. The van der Waals surface area contributed by atoms with Crippen molar-refractivity contribution in [2.75, 3.05) is 33.3 Å². The van der Waals surface area contributed by atoms with Gasteiger partial charge in [-0.1, -0.05) is 0 Å². The van der Waals surface area contributed by atoms with E-state index in [2.05, 4.69) is 5.32 Å². The summed E-state index contributed by atoms with van der Waals surface area (Å²) in [6.07, 6.45) is 0. The maximum Gasteiger partial charge on any atom is 0.261 e. The normalized spacial score (nSPS) is 15.0.